The Morgan fingerprint density at radius 2 is 2.00 bits per heavy atom. The van der Waals surface area contributed by atoms with Gasteiger partial charge in [0.2, 0.25) is 5.95 Å². The lowest BCUT2D eigenvalue weighted by atomic mass is 10.2. The Kier molecular flexibility index (Phi) is 4.21. The molecule has 0 bridgehead atoms. The van der Waals surface area contributed by atoms with Gasteiger partial charge in [0, 0.05) is 17.4 Å². The zero-order valence-electron chi connectivity index (χ0n) is 11.0. The van der Waals surface area contributed by atoms with Gasteiger partial charge in [0.05, 0.1) is 16.7 Å². The molecule has 0 aliphatic heterocycles. The maximum Gasteiger partial charge on any atom is 0.223 e. The van der Waals surface area contributed by atoms with E-state index in [0.717, 1.165) is 10.7 Å². The third-order valence-corrected chi connectivity index (χ3v) is 3.91. The predicted molar refractivity (Wildman–Crippen MR) is 79.7 cm³/mol. The topological polar surface area (TPSA) is 76.7 Å². The second-order valence-electron chi connectivity index (χ2n) is 4.57. The molecule has 0 spiro atoms. The van der Waals surface area contributed by atoms with Crippen molar-refractivity contribution in [2.45, 2.75) is 32.7 Å². The predicted octanol–water partition coefficient (Wildman–Crippen LogP) is 3.47. The second kappa shape index (κ2) is 5.71. The van der Waals surface area contributed by atoms with Crippen LogP contribution in [0.5, 0.6) is 0 Å². The molecule has 2 aromatic heterocycles. The summed E-state index contributed by atoms with van der Waals surface area (Å²) in [5.41, 5.74) is 6.55. The standard InChI is InChI=1S/C12H16ClN5S/c1-6(2)11-16-8(5-19-11)7(3)15-10-4-9(13)17-12(14)18-10/h4-7H,1-3H3,(H3,14,15,17,18)/t7-/m1/s1. The molecule has 0 saturated carbocycles. The Balaban J connectivity index is 2.13. The van der Waals surface area contributed by atoms with Gasteiger partial charge in [-0.05, 0) is 6.92 Å². The van der Waals surface area contributed by atoms with Gasteiger partial charge in [0.25, 0.3) is 0 Å². The van der Waals surface area contributed by atoms with Gasteiger partial charge in [-0.3, -0.25) is 0 Å². The molecule has 0 fully saturated rings. The van der Waals surface area contributed by atoms with Gasteiger partial charge in [0.1, 0.15) is 11.0 Å². The number of thiazole rings is 1. The minimum Gasteiger partial charge on any atom is -0.368 e. The molecule has 0 aromatic carbocycles. The van der Waals surface area contributed by atoms with Crippen molar-refractivity contribution in [2.24, 2.45) is 0 Å². The Morgan fingerprint density at radius 1 is 1.26 bits per heavy atom. The third-order valence-electron chi connectivity index (χ3n) is 2.55. The highest BCUT2D eigenvalue weighted by molar-refractivity contribution is 7.09. The van der Waals surface area contributed by atoms with E-state index in [1.54, 1.807) is 17.4 Å². The van der Waals surface area contributed by atoms with Crippen molar-refractivity contribution in [3.63, 3.8) is 0 Å². The largest absolute Gasteiger partial charge is 0.368 e. The number of nitrogens with two attached hydrogens (primary N) is 1. The average Bonchev–Trinajstić information content (AvgIpc) is 2.76. The SMILES string of the molecule is CC(C)c1nc([C@@H](C)Nc2cc(Cl)nc(N)n2)cs1. The van der Waals surface area contributed by atoms with Crippen molar-refractivity contribution in [3.8, 4) is 0 Å². The first-order valence-corrected chi connectivity index (χ1v) is 7.23. The Hall–Kier alpha value is -1.40. The minimum absolute atomic E-state index is 0.0362. The molecule has 1 atom stereocenters. The van der Waals surface area contributed by atoms with Crippen LogP contribution in [0.4, 0.5) is 11.8 Å². The lowest BCUT2D eigenvalue weighted by molar-refractivity contribution is 0.798. The quantitative estimate of drug-likeness (QED) is 0.845. The van der Waals surface area contributed by atoms with Crippen LogP contribution in [0.15, 0.2) is 11.4 Å². The summed E-state index contributed by atoms with van der Waals surface area (Å²) in [5.74, 6) is 1.20. The summed E-state index contributed by atoms with van der Waals surface area (Å²) in [6.45, 7) is 6.28. The highest BCUT2D eigenvalue weighted by Gasteiger charge is 2.13. The van der Waals surface area contributed by atoms with E-state index in [4.69, 9.17) is 17.3 Å². The number of nitrogens with one attached hydrogen (secondary N) is 1. The van der Waals surface area contributed by atoms with Crippen molar-refractivity contribution in [1.82, 2.24) is 15.0 Å². The fourth-order valence-electron chi connectivity index (χ4n) is 1.57. The van der Waals surface area contributed by atoms with Crippen LogP contribution in [0.2, 0.25) is 5.15 Å². The van der Waals surface area contributed by atoms with Gasteiger partial charge in [-0.15, -0.1) is 11.3 Å². The Bertz CT molecular complexity index is 549. The maximum atomic E-state index is 5.84. The summed E-state index contributed by atoms with van der Waals surface area (Å²) < 4.78 is 0. The molecule has 0 aliphatic rings. The summed E-state index contributed by atoms with van der Waals surface area (Å²) in [4.78, 5) is 12.5. The van der Waals surface area contributed by atoms with Crippen molar-refractivity contribution in [2.75, 3.05) is 11.1 Å². The number of rotatable bonds is 4. The van der Waals surface area contributed by atoms with Crippen LogP contribution in [0, 0.1) is 0 Å². The molecule has 2 heterocycles. The van der Waals surface area contributed by atoms with E-state index in [2.05, 4.69) is 39.5 Å². The van der Waals surface area contributed by atoms with Crippen LogP contribution in [0.25, 0.3) is 0 Å². The molecule has 0 unspecified atom stereocenters. The van der Waals surface area contributed by atoms with E-state index < -0.39 is 0 Å². The number of hydrogen-bond acceptors (Lipinski definition) is 6. The summed E-state index contributed by atoms with van der Waals surface area (Å²) in [6.07, 6.45) is 0. The van der Waals surface area contributed by atoms with Gasteiger partial charge in [-0.25, -0.2) is 9.97 Å². The summed E-state index contributed by atoms with van der Waals surface area (Å²) in [7, 11) is 0. The van der Waals surface area contributed by atoms with E-state index in [9.17, 15) is 0 Å². The first-order valence-electron chi connectivity index (χ1n) is 5.97. The van der Waals surface area contributed by atoms with Crippen molar-refractivity contribution in [3.05, 3.63) is 27.3 Å². The minimum atomic E-state index is 0.0362. The van der Waals surface area contributed by atoms with Crippen molar-refractivity contribution < 1.29 is 0 Å². The zero-order valence-corrected chi connectivity index (χ0v) is 12.6. The lowest BCUT2D eigenvalue weighted by Gasteiger charge is -2.12. The van der Waals surface area contributed by atoms with Crippen molar-refractivity contribution in [1.29, 1.82) is 0 Å². The highest BCUT2D eigenvalue weighted by atomic mass is 35.5. The number of aromatic nitrogens is 3. The first kappa shape index (κ1) is 14.0. The smallest absolute Gasteiger partial charge is 0.223 e. The zero-order chi connectivity index (χ0) is 14.0. The van der Waals surface area contributed by atoms with Gasteiger partial charge in [-0.1, -0.05) is 25.4 Å². The molecule has 5 nitrogen and oxygen atoms in total. The third kappa shape index (κ3) is 3.54. The molecule has 3 N–H and O–H groups in total. The number of nitrogen functional groups attached to an aromatic ring is 1. The van der Waals surface area contributed by atoms with Crippen LogP contribution in [0.1, 0.15) is 43.4 Å². The van der Waals surface area contributed by atoms with Crippen LogP contribution in [-0.4, -0.2) is 15.0 Å². The van der Waals surface area contributed by atoms with Crippen LogP contribution in [-0.2, 0) is 0 Å². The van der Waals surface area contributed by atoms with Gasteiger partial charge < -0.3 is 11.1 Å². The fraction of sp³-hybridized carbons (Fsp3) is 0.417. The summed E-state index contributed by atoms with van der Waals surface area (Å²) >= 11 is 7.51. The van der Waals surface area contributed by atoms with Crippen LogP contribution >= 0.6 is 22.9 Å². The normalized spacial score (nSPS) is 12.7. The fourth-order valence-corrected chi connectivity index (χ4v) is 2.69. The molecule has 2 rings (SSSR count). The van der Waals surface area contributed by atoms with Crippen LogP contribution < -0.4 is 11.1 Å². The van der Waals surface area contributed by atoms with Crippen molar-refractivity contribution >= 4 is 34.7 Å². The monoisotopic (exact) mass is 297 g/mol. The van der Waals surface area contributed by atoms with Gasteiger partial charge in [0.15, 0.2) is 0 Å². The molecule has 0 amide bonds. The Labute approximate surface area is 121 Å². The highest BCUT2D eigenvalue weighted by Crippen LogP contribution is 2.25. The second-order valence-corrected chi connectivity index (χ2v) is 5.84. The van der Waals surface area contributed by atoms with E-state index in [1.807, 2.05) is 6.92 Å². The van der Waals surface area contributed by atoms with E-state index >= 15 is 0 Å². The summed E-state index contributed by atoms with van der Waals surface area (Å²) in [5, 5.41) is 6.73. The molecule has 7 heteroatoms. The molecule has 0 saturated heterocycles. The van der Waals surface area contributed by atoms with E-state index in [1.165, 1.54) is 0 Å². The molecule has 0 aliphatic carbocycles. The molecule has 0 radical (unpaired) electrons. The van der Waals surface area contributed by atoms with Crippen LogP contribution in [0.3, 0.4) is 0 Å². The first-order chi connectivity index (χ1) is 8.95. The average molecular weight is 298 g/mol. The molecule has 2 aromatic rings. The molecular formula is C12H16ClN5S. The van der Waals surface area contributed by atoms with E-state index in [-0.39, 0.29) is 12.0 Å². The van der Waals surface area contributed by atoms with Gasteiger partial charge in [-0.2, -0.15) is 4.98 Å². The maximum absolute atomic E-state index is 5.84. The molecular weight excluding hydrogens is 282 g/mol. The van der Waals surface area contributed by atoms with E-state index in [0.29, 0.717) is 16.9 Å². The summed E-state index contributed by atoms with van der Waals surface area (Å²) in [6, 6.07) is 1.68. The number of hydrogen-bond donors (Lipinski definition) is 2. The number of nitrogens with zero attached hydrogens (tertiary/aromatic N) is 3. The number of anilines is 2. The van der Waals surface area contributed by atoms with Gasteiger partial charge >= 0.3 is 0 Å². The molecule has 19 heavy (non-hydrogen) atoms. The number of halogens is 1. The lowest BCUT2D eigenvalue weighted by Crippen LogP contribution is -2.10. The Morgan fingerprint density at radius 3 is 2.58 bits per heavy atom. The molecule has 102 valence electrons.